The molecule has 2 atom stereocenters. The molecule has 4 heteroatoms. The third kappa shape index (κ3) is 3.37. The summed E-state index contributed by atoms with van der Waals surface area (Å²) in [5.41, 5.74) is 7.45. The molecule has 2 rings (SSSR count). The Kier molecular flexibility index (Phi) is 5.39. The molecule has 1 saturated heterocycles. The van der Waals surface area contributed by atoms with Gasteiger partial charge in [0.25, 0.3) is 0 Å². The minimum atomic E-state index is 0.409. The molecule has 2 heterocycles. The van der Waals surface area contributed by atoms with Gasteiger partial charge in [-0.2, -0.15) is 0 Å². The van der Waals surface area contributed by atoms with Crippen molar-refractivity contribution >= 4 is 11.3 Å². The summed E-state index contributed by atoms with van der Waals surface area (Å²) in [6.07, 6.45) is 1.24. The average molecular weight is 281 g/mol. The summed E-state index contributed by atoms with van der Waals surface area (Å²) in [5, 5.41) is 2.18. The van der Waals surface area contributed by atoms with Gasteiger partial charge < -0.3 is 5.73 Å². The second-order valence-electron chi connectivity index (χ2n) is 5.60. The standard InChI is InChI=1S/C15H27N3S/c1-4-6-17-7-8-18(11-13(17)3)14(10-16)15-12(2)5-9-19-15/h5,9,13-14H,4,6-8,10-11,16H2,1-3H3. The van der Waals surface area contributed by atoms with Gasteiger partial charge in [-0.25, -0.2) is 0 Å². The van der Waals surface area contributed by atoms with Crippen molar-refractivity contribution in [1.82, 2.24) is 9.80 Å². The second-order valence-corrected chi connectivity index (χ2v) is 6.55. The van der Waals surface area contributed by atoms with Crippen LogP contribution in [-0.2, 0) is 0 Å². The number of thiophene rings is 1. The highest BCUT2D eigenvalue weighted by molar-refractivity contribution is 7.10. The van der Waals surface area contributed by atoms with E-state index in [1.807, 2.05) is 11.3 Å². The monoisotopic (exact) mass is 281 g/mol. The first-order chi connectivity index (χ1) is 9.17. The second kappa shape index (κ2) is 6.84. The zero-order valence-corrected chi connectivity index (χ0v) is 13.2. The summed E-state index contributed by atoms with van der Waals surface area (Å²) < 4.78 is 0. The Balaban J connectivity index is 2.04. The Labute approximate surface area is 121 Å². The van der Waals surface area contributed by atoms with Gasteiger partial charge in [0.05, 0.1) is 6.04 Å². The van der Waals surface area contributed by atoms with E-state index < -0.39 is 0 Å². The van der Waals surface area contributed by atoms with Crippen molar-refractivity contribution in [2.75, 3.05) is 32.7 Å². The molecular formula is C15H27N3S. The summed E-state index contributed by atoms with van der Waals surface area (Å²) in [6.45, 7) is 12.2. The lowest BCUT2D eigenvalue weighted by Crippen LogP contribution is -2.53. The molecule has 1 aromatic heterocycles. The molecule has 0 bridgehead atoms. The molecule has 0 aromatic carbocycles. The number of piperazine rings is 1. The van der Waals surface area contributed by atoms with Crippen LogP contribution in [0.5, 0.6) is 0 Å². The van der Waals surface area contributed by atoms with Crippen molar-refractivity contribution in [1.29, 1.82) is 0 Å². The Morgan fingerprint density at radius 1 is 1.47 bits per heavy atom. The van der Waals surface area contributed by atoms with E-state index in [1.165, 1.54) is 30.0 Å². The molecule has 3 nitrogen and oxygen atoms in total. The van der Waals surface area contributed by atoms with Crippen molar-refractivity contribution in [3.05, 3.63) is 21.9 Å². The number of hydrogen-bond acceptors (Lipinski definition) is 4. The quantitative estimate of drug-likeness (QED) is 0.900. The van der Waals surface area contributed by atoms with E-state index in [2.05, 4.69) is 42.0 Å². The van der Waals surface area contributed by atoms with Crippen molar-refractivity contribution < 1.29 is 0 Å². The van der Waals surface area contributed by atoms with Crippen LogP contribution in [-0.4, -0.2) is 48.6 Å². The van der Waals surface area contributed by atoms with Crippen LogP contribution >= 0.6 is 11.3 Å². The van der Waals surface area contributed by atoms with Crippen LogP contribution in [0, 0.1) is 6.92 Å². The predicted octanol–water partition coefficient (Wildman–Crippen LogP) is 2.47. The summed E-state index contributed by atoms with van der Waals surface area (Å²) >= 11 is 1.85. The molecule has 1 aliphatic heterocycles. The van der Waals surface area contributed by atoms with Crippen molar-refractivity contribution in [3.63, 3.8) is 0 Å². The van der Waals surface area contributed by atoms with Gasteiger partial charge in [-0.1, -0.05) is 6.92 Å². The summed E-state index contributed by atoms with van der Waals surface area (Å²) in [4.78, 5) is 6.64. The lowest BCUT2D eigenvalue weighted by atomic mass is 10.1. The molecule has 0 saturated carbocycles. The zero-order valence-electron chi connectivity index (χ0n) is 12.4. The minimum Gasteiger partial charge on any atom is -0.329 e. The van der Waals surface area contributed by atoms with Gasteiger partial charge >= 0.3 is 0 Å². The summed E-state index contributed by atoms with van der Waals surface area (Å²) in [5.74, 6) is 0. The molecule has 0 amide bonds. The first-order valence-electron chi connectivity index (χ1n) is 7.39. The molecule has 108 valence electrons. The maximum absolute atomic E-state index is 6.05. The van der Waals surface area contributed by atoms with Crippen molar-refractivity contribution in [2.45, 2.75) is 39.3 Å². The van der Waals surface area contributed by atoms with Gasteiger partial charge in [-0.15, -0.1) is 11.3 Å². The normalized spacial score (nSPS) is 23.7. The van der Waals surface area contributed by atoms with E-state index in [1.54, 1.807) is 0 Å². The number of nitrogens with zero attached hydrogens (tertiary/aromatic N) is 2. The van der Waals surface area contributed by atoms with E-state index in [-0.39, 0.29) is 0 Å². The minimum absolute atomic E-state index is 0.409. The number of hydrogen-bond donors (Lipinski definition) is 1. The van der Waals surface area contributed by atoms with E-state index in [4.69, 9.17) is 5.73 Å². The summed E-state index contributed by atoms with van der Waals surface area (Å²) in [6, 6.07) is 3.26. The molecule has 1 aromatic rings. The zero-order chi connectivity index (χ0) is 13.8. The fourth-order valence-corrected chi connectivity index (χ4v) is 4.15. The van der Waals surface area contributed by atoms with Crippen LogP contribution in [0.2, 0.25) is 0 Å². The lowest BCUT2D eigenvalue weighted by Gasteiger charge is -2.43. The predicted molar refractivity (Wildman–Crippen MR) is 83.8 cm³/mol. The molecule has 0 aliphatic carbocycles. The largest absolute Gasteiger partial charge is 0.329 e. The molecule has 1 fully saturated rings. The van der Waals surface area contributed by atoms with Gasteiger partial charge in [0.2, 0.25) is 0 Å². The molecule has 0 spiro atoms. The highest BCUT2D eigenvalue weighted by Gasteiger charge is 2.29. The van der Waals surface area contributed by atoms with Crippen molar-refractivity contribution in [2.24, 2.45) is 5.73 Å². The van der Waals surface area contributed by atoms with Crippen LogP contribution in [0.15, 0.2) is 11.4 Å². The first-order valence-corrected chi connectivity index (χ1v) is 8.27. The fourth-order valence-electron chi connectivity index (χ4n) is 3.07. The number of aryl methyl sites for hydroxylation is 1. The van der Waals surface area contributed by atoms with Crippen LogP contribution < -0.4 is 5.73 Å². The van der Waals surface area contributed by atoms with Crippen LogP contribution in [0.25, 0.3) is 0 Å². The van der Waals surface area contributed by atoms with Gasteiger partial charge in [-0.3, -0.25) is 9.80 Å². The molecule has 2 unspecified atom stereocenters. The maximum Gasteiger partial charge on any atom is 0.0567 e. The van der Waals surface area contributed by atoms with E-state index in [0.717, 1.165) is 19.6 Å². The van der Waals surface area contributed by atoms with Gasteiger partial charge in [0, 0.05) is 37.1 Å². The van der Waals surface area contributed by atoms with Crippen LogP contribution in [0.4, 0.5) is 0 Å². The molecular weight excluding hydrogens is 254 g/mol. The highest BCUT2D eigenvalue weighted by atomic mass is 32.1. The lowest BCUT2D eigenvalue weighted by molar-refractivity contribution is 0.0580. The number of nitrogens with two attached hydrogens (primary N) is 1. The first kappa shape index (κ1) is 15.0. The van der Waals surface area contributed by atoms with Gasteiger partial charge in [0.15, 0.2) is 0 Å². The third-order valence-corrected chi connectivity index (χ3v) is 5.30. The van der Waals surface area contributed by atoms with Gasteiger partial charge in [0.1, 0.15) is 0 Å². The fraction of sp³-hybridized carbons (Fsp3) is 0.733. The van der Waals surface area contributed by atoms with E-state index in [0.29, 0.717) is 12.1 Å². The molecule has 1 aliphatic rings. The van der Waals surface area contributed by atoms with Crippen molar-refractivity contribution in [3.8, 4) is 0 Å². The smallest absolute Gasteiger partial charge is 0.0567 e. The van der Waals surface area contributed by atoms with E-state index >= 15 is 0 Å². The maximum atomic E-state index is 6.05. The Morgan fingerprint density at radius 2 is 2.26 bits per heavy atom. The Hall–Kier alpha value is -0.420. The topological polar surface area (TPSA) is 32.5 Å². The third-order valence-electron chi connectivity index (χ3n) is 4.18. The SMILES string of the molecule is CCCN1CCN(C(CN)c2sccc2C)CC1C. The van der Waals surface area contributed by atoms with E-state index in [9.17, 15) is 0 Å². The number of rotatable bonds is 5. The Bertz CT molecular complexity index is 390. The average Bonchev–Trinajstić information content (AvgIpc) is 2.80. The molecule has 19 heavy (non-hydrogen) atoms. The molecule has 0 radical (unpaired) electrons. The highest BCUT2D eigenvalue weighted by Crippen LogP contribution is 2.29. The Morgan fingerprint density at radius 3 is 2.79 bits per heavy atom. The van der Waals surface area contributed by atoms with Gasteiger partial charge in [-0.05, 0) is 43.8 Å². The van der Waals surface area contributed by atoms with Crippen LogP contribution in [0.1, 0.15) is 36.8 Å². The van der Waals surface area contributed by atoms with Crippen LogP contribution in [0.3, 0.4) is 0 Å². The molecule has 2 N–H and O–H groups in total. The summed E-state index contributed by atoms with van der Waals surface area (Å²) in [7, 11) is 0.